The number of esters is 4. The van der Waals surface area contributed by atoms with Crippen molar-refractivity contribution >= 4 is 23.9 Å². The highest BCUT2D eigenvalue weighted by molar-refractivity contribution is 5.93. The van der Waals surface area contributed by atoms with Crippen LogP contribution in [0.2, 0.25) is 0 Å². The molecule has 0 radical (unpaired) electrons. The van der Waals surface area contributed by atoms with Gasteiger partial charge in [-0.25, -0.2) is 19.2 Å². The molecule has 0 saturated carbocycles. The first kappa shape index (κ1) is 25.5. The van der Waals surface area contributed by atoms with Crippen molar-refractivity contribution in [3.05, 3.63) is 12.2 Å². The van der Waals surface area contributed by atoms with Crippen molar-refractivity contribution < 1.29 is 47.6 Å². The third-order valence-electron chi connectivity index (χ3n) is 2.70. The second-order valence-corrected chi connectivity index (χ2v) is 5.21. The molecule has 0 atom stereocenters. The zero-order valence-corrected chi connectivity index (χ0v) is 16.3. The largest absolute Gasteiger partial charge is 0.461 e. The summed E-state index contributed by atoms with van der Waals surface area (Å²) in [5, 5.41) is 0. The van der Waals surface area contributed by atoms with E-state index in [-0.39, 0.29) is 26.4 Å². The van der Waals surface area contributed by atoms with E-state index in [1.54, 1.807) is 0 Å². The van der Waals surface area contributed by atoms with Crippen molar-refractivity contribution in [1.29, 1.82) is 0 Å². The lowest BCUT2D eigenvalue weighted by molar-refractivity contribution is -0.157. The Morgan fingerprint density at radius 3 is 1.32 bits per heavy atom. The van der Waals surface area contributed by atoms with Gasteiger partial charge in [0, 0.05) is 25.4 Å². The molecule has 28 heavy (non-hydrogen) atoms. The molecule has 0 aromatic heterocycles. The summed E-state index contributed by atoms with van der Waals surface area (Å²) in [6.07, 6.45) is 3.25. The Morgan fingerprint density at radius 1 is 0.571 bits per heavy atom. The van der Waals surface area contributed by atoms with Gasteiger partial charge in [0.05, 0.1) is 13.2 Å². The van der Waals surface area contributed by atoms with Gasteiger partial charge in [-0.2, -0.15) is 0 Å². The molecule has 0 aromatic rings. The van der Waals surface area contributed by atoms with Crippen LogP contribution >= 0.6 is 0 Å². The Balaban J connectivity index is 3.79. The molecule has 0 fully saturated rings. The van der Waals surface area contributed by atoms with Crippen LogP contribution in [-0.4, -0.2) is 76.7 Å². The number of carbonyl (C=O) groups excluding carboxylic acids is 4. The molecule has 0 N–H and O–H groups in total. The summed E-state index contributed by atoms with van der Waals surface area (Å²) in [5.74, 6) is -3.36. The predicted molar refractivity (Wildman–Crippen MR) is 95.2 cm³/mol. The van der Waals surface area contributed by atoms with Gasteiger partial charge in [0.25, 0.3) is 0 Å². The van der Waals surface area contributed by atoms with Gasteiger partial charge < -0.3 is 28.4 Å². The van der Waals surface area contributed by atoms with Crippen molar-refractivity contribution in [3.8, 4) is 0 Å². The van der Waals surface area contributed by atoms with Gasteiger partial charge in [0.2, 0.25) is 0 Å². The summed E-state index contributed by atoms with van der Waals surface area (Å²) in [4.78, 5) is 45.4. The van der Waals surface area contributed by atoms with Gasteiger partial charge in [-0.1, -0.05) is 13.8 Å². The Kier molecular flexibility index (Phi) is 16.4. The maximum atomic E-state index is 11.4. The Labute approximate surface area is 164 Å². The van der Waals surface area contributed by atoms with Crippen LogP contribution in [0.25, 0.3) is 0 Å². The number of rotatable bonds is 16. The van der Waals surface area contributed by atoms with Crippen molar-refractivity contribution in [1.82, 2.24) is 0 Å². The third-order valence-corrected chi connectivity index (χ3v) is 2.70. The number of ether oxygens (including phenoxy) is 6. The number of hydrogen-bond acceptors (Lipinski definition) is 10. The highest BCUT2D eigenvalue weighted by atomic mass is 16.6. The minimum absolute atomic E-state index is 0.0549. The molecule has 0 aliphatic heterocycles. The molecule has 160 valence electrons. The van der Waals surface area contributed by atoms with E-state index in [4.69, 9.17) is 18.9 Å². The summed E-state index contributed by atoms with van der Waals surface area (Å²) in [6, 6.07) is 0. The SMILES string of the molecule is CCCOCCOC(=O)COC(=O)/C=C/C(=O)OCC(=O)OCCOCCC. The third kappa shape index (κ3) is 17.0. The van der Waals surface area contributed by atoms with Gasteiger partial charge in [0.15, 0.2) is 13.2 Å². The lowest BCUT2D eigenvalue weighted by Crippen LogP contribution is -2.19. The second kappa shape index (κ2) is 17.9. The van der Waals surface area contributed by atoms with Crippen molar-refractivity contribution in [2.24, 2.45) is 0 Å². The summed E-state index contributed by atoms with van der Waals surface area (Å²) >= 11 is 0. The van der Waals surface area contributed by atoms with E-state index in [1.165, 1.54) is 0 Å². The molecule has 0 aromatic carbocycles. The fourth-order valence-electron chi connectivity index (χ4n) is 1.50. The van der Waals surface area contributed by atoms with Crippen LogP contribution < -0.4 is 0 Å². The van der Waals surface area contributed by atoms with Gasteiger partial charge >= 0.3 is 23.9 Å². The second-order valence-electron chi connectivity index (χ2n) is 5.21. The Morgan fingerprint density at radius 2 is 0.964 bits per heavy atom. The van der Waals surface area contributed by atoms with Crippen LogP contribution in [0.1, 0.15) is 26.7 Å². The average Bonchev–Trinajstić information content (AvgIpc) is 2.68. The highest BCUT2D eigenvalue weighted by Gasteiger charge is 2.09. The molecule has 0 aliphatic carbocycles. The quantitative estimate of drug-likeness (QED) is 0.156. The molecule has 0 saturated heterocycles. The van der Waals surface area contributed by atoms with E-state index in [2.05, 4.69) is 9.47 Å². The smallest absolute Gasteiger partial charge is 0.344 e. The Hall–Kier alpha value is -2.46. The molecular weight excluding hydrogens is 376 g/mol. The monoisotopic (exact) mass is 404 g/mol. The minimum Gasteiger partial charge on any atom is -0.461 e. The van der Waals surface area contributed by atoms with Crippen molar-refractivity contribution in [2.45, 2.75) is 26.7 Å². The lowest BCUT2D eigenvalue weighted by atomic mass is 10.5. The molecule has 0 bridgehead atoms. The van der Waals surface area contributed by atoms with E-state index >= 15 is 0 Å². The molecule has 0 unspecified atom stereocenters. The van der Waals surface area contributed by atoms with Crippen LogP contribution in [0.4, 0.5) is 0 Å². The molecule has 10 nitrogen and oxygen atoms in total. The van der Waals surface area contributed by atoms with Crippen molar-refractivity contribution in [2.75, 3.05) is 52.9 Å². The van der Waals surface area contributed by atoms with Crippen LogP contribution in [-0.2, 0) is 47.6 Å². The van der Waals surface area contributed by atoms with E-state index in [9.17, 15) is 19.2 Å². The molecule has 0 spiro atoms. The van der Waals surface area contributed by atoms with E-state index < -0.39 is 37.1 Å². The summed E-state index contributed by atoms with van der Waals surface area (Å²) in [7, 11) is 0. The zero-order valence-electron chi connectivity index (χ0n) is 16.3. The Bertz CT molecular complexity index is 457. The van der Waals surface area contributed by atoms with E-state index in [0.717, 1.165) is 25.0 Å². The summed E-state index contributed by atoms with van der Waals surface area (Å²) in [6.45, 7) is 4.46. The normalized spacial score (nSPS) is 10.5. The van der Waals surface area contributed by atoms with Crippen LogP contribution in [0.15, 0.2) is 12.2 Å². The molecule has 0 heterocycles. The number of hydrogen-bond donors (Lipinski definition) is 0. The number of carbonyl (C=O) groups is 4. The first-order valence-electron chi connectivity index (χ1n) is 8.97. The van der Waals surface area contributed by atoms with Gasteiger partial charge in [-0.3, -0.25) is 0 Å². The fraction of sp³-hybridized carbons (Fsp3) is 0.667. The van der Waals surface area contributed by atoms with Gasteiger partial charge in [0.1, 0.15) is 13.2 Å². The highest BCUT2D eigenvalue weighted by Crippen LogP contribution is 1.90. The van der Waals surface area contributed by atoms with Crippen LogP contribution in [0, 0.1) is 0 Å². The topological polar surface area (TPSA) is 124 Å². The average molecular weight is 404 g/mol. The van der Waals surface area contributed by atoms with Crippen molar-refractivity contribution in [3.63, 3.8) is 0 Å². The van der Waals surface area contributed by atoms with Gasteiger partial charge in [-0.15, -0.1) is 0 Å². The first-order valence-corrected chi connectivity index (χ1v) is 8.97. The maximum Gasteiger partial charge on any atom is 0.344 e. The molecule has 0 rings (SSSR count). The summed E-state index contributed by atoms with van der Waals surface area (Å²) < 4.78 is 28.9. The minimum atomic E-state index is -0.938. The molecule has 0 amide bonds. The fourth-order valence-corrected chi connectivity index (χ4v) is 1.50. The van der Waals surface area contributed by atoms with Crippen LogP contribution in [0.5, 0.6) is 0 Å². The zero-order chi connectivity index (χ0) is 21.0. The van der Waals surface area contributed by atoms with E-state index in [1.807, 2.05) is 13.8 Å². The van der Waals surface area contributed by atoms with Crippen LogP contribution in [0.3, 0.4) is 0 Å². The van der Waals surface area contributed by atoms with E-state index in [0.29, 0.717) is 13.2 Å². The molecule has 10 heteroatoms. The lowest BCUT2D eigenvalue weighted by Gasteiger charge is -2.06. The van der Waals surface area contributed by atoms with Gasteiger partial charge in [-0.05, 0) is 12.8 Å². The summed E-state index contributed by atoms with van der Waals surface area (Å²) in [5.41, 5.74) is 0. The standard InChI is InChI=1S/C18H28O10/c1-3-7-23-9-11-25-17(21)13-27-15(19)5-6-16(20)28-14-18(22)26-12-10-24-8-4-2/h5-6H,3-4,7-14H2,1-2H3/b6-5+. The molecular formula is C18H28O10. The maximum absolute atomic E-state index is 11.4. The predicted octanol–water partition coefficient (Wildman–Crippen LogP) is 0.569. The molecule has 0 aliphatic rings. The first-order chi connectivity index (χ1) is 13.5.